The van der Waals surface area contributed by atoms with Gasteiger partial charge in [-0.15, -0.1) is 0 Å². The summed E-state index contributed by atoms with van der Waals surface area (Å²) in [6, 6.07) is 0. The minimum absolute atomic E-state index is 0.0281. The number of nitrogens with two attached hydrogens (primary N) is 2. The molecule has 0 aliphatic heterocycles. The molecular weight excluding hydrogens is 498 g/mol. The highest BCUT2D eigenvalue weighted by Gasteiger charge is 2.08. The van der Waals surface area contributed by atoms with Gasteiger partial charge in [0.1, 0.15) is 0 Å². The summed E-state index contributed by atoms with van der Waals surface area (Å²) in [5.41, 5.74) is 11.2. The molecule has 13 nitrogen and oxygen atoms in total. The predicted molar refractivity (Wildman–Crippen MR) is 145 cm³/mol. The Hall–Kier alpha value is -1.42. The summed E-state index contributed by atoms with van der Waals surface area (Å²) in [4.78, 5) is 26.9. The molecule has 0 aliphatic carbocycles. The van der Waals surface area contributed by atoms with Crippen LogP contribution in [0.25, 0.3) is 0 Å². The Morgan fingerprint density at radius 2 is 1.05 bits per heavy atom. The normalized spacial score (nSPS) is 11.3. The van der Waals surface area contributed by atoms with E-state index in [-0.39, 0.29) is 18.2 Å². The predicted octanol–water partition coefficient (Wildman–Crippen LogP) is -1.32. The van der Waals surface area contributed by atoms with Crippen molar-refractivity contribution in [3.05, 3.63) is 0 Å². The van der Waals surface area contributed by atoms with Gasteiger partial charge in [0.05, 0.1) is 79.3 Å². The fourth-order valence-electron chi connectivity index (χ4n) is 3.11. The summed E-state index contributed by atoms with van der Waals surface area (Å²) < 4.78 is 32.8. The van der Waals surface area contributed by atoms with Crippen LogP contribution in [0.2, 0.25) is 0 Å². The number of nitrogens with one attached hydrogen (secondary N) is 1. The Balaban J connectivity index is 3.25. The summed E-state index contributed by atoms with van der Waals surface area (Å²) in [6.45, 7) is 12.3. The van der Waals surface area contributed by atoms with E-state index < -0.39 is 0 Å². The lowest BCUT2D eigenvalue weighted by atomic mass is 10.3. The average Bonchev–Trinajstić information content (AvgIpc) is 2.92. The maximum Gasteiger partial charge on any atom is 0.222 e. The van der Waals surface area contributed by atoms with Crippen LogP contribution in [0.1, 0.15) is 19.8 Å². The van der Waals surface area contributed by atoms with Gasteiger partial charge in [0.15, 0.2) is 0 Å². The van der Waals surface area contributed by atoms with Crippen molar-refractivity contribution in [3.8, 4) is 0 Å². The second kappa shape index (κ2) is 28.6. The zero-order valence-electron chi connectivity index (χ0n) is 23.7. The summed E-state index contributed by atoms with van der Waals surface area (Å²) in [5, 5.41) is 2.77. The third-order valence-electron chi connectivity index (χ3n) is 5.27. The standard InChI is InChI=1S/C25H53N5O8/c1-3-25(32)29(2)8-4-24(31)28-7-12-33-14-16-35-18-20-37-22-23-38-21-19-36-17-15-34-13-11-30(9-5-26)10-6-27/h3-23,26-27H2,1-2H3,(H,28,31). The molecule has 38 heavy (non-hydrogen) atoms. The van der Waals surface area contributed by atoms with Crippen LogP contribution in [0.3, 0.4) is 0 Å². The van der Waals surface area contributed by atoms with Gasteiger partial charge in [0.2, 0.25) is 11.8 Å². The Bertz CT molecular complexity index is 542. The fraction of sp³-hybridized carbons (Fsp3) is 0.920. The van der Waals surface area contributed by atoms with Crippen LogP contribution in [-0.4, -0.2) is 154 Å². The maximum absolute atomic E-state index is 11.7. The van der Waals surface area contributed by atoms with Gasteiger partial charge in [-0.3, -0.25) is 14.5 Å². The topological polar surface area (TPSA) is 160 Å². The lowest BCUT2D eigenvalue weighted by molar-refractivity contribution is -0.130. The molecule has 0 aromatic rings. The number of carbonyl (C=O) groups excluding carboxylic acids is 2. The second-order valence-corrected chi connectivity index (χ2v) is 8.36. The fourth-order valence-corrected chi connectivity index (χ4v) is 3.11. The summed E-state index contributed by atoms with van der Waals surface area (Å²) in [5.74, 6) is -0.0691. The molecule has 0 rings (SSSR count). The molecule has 0 fully saturated rings. The van der Waals surface area contributed by atoms with Crippen molar-refractivity contribution in [2.45, 2.75) is 19.8 Å². The monoisotopic (exact) mass is 551 g/mol. The quantitative estimate of drug-likeness (QED) is 0.0946. The maximum atomic E-state index is 11.7. The van der Waals surface area contributed by atoms with Crippen molar-refractivity contribution in [1.82, 2.24) is 15.1 Å². The zero-order valence-corrected chi connectivity index (χ0v) is 23.7. The molecule has 0 saturated heterocycles. The molecule has 0 aromatic heterocycles. The van der Waals surface area contributed by atoms with Gasteiger partial charge < -0.3 is 50.1 Å². The van der Waals surface area contributed by atoms with E-state index in [0.717, 1.165) is 19.6 Å². The van der Waals surface area contributed by atoms with Gasteiger partial charge >= 0.3 is 0 Å². The first-order valence-corrected chi connectivity index (χ1v) is 13.6. The lowest BCUT2D eigenvalue weighted by Gasteiger charge is -2.20. The molecule has 2 amide bonds. The van der Waals surface area contributed by atoms with Gasteiger partial charge in [0, 0.05) is 65.7 Å². The van der Waals surface area contributed by atoms with E-state index in [2.05, 4.69) is 10.2 Å². The lowest BCUT2D eigenvalue weighted by Crippen LogP contribution is -2.36. The summed E-state index contributed by atoms with van der Waals surface area (Å²) in [7, 11) is 1.70. The molecule has 0 aromatic carbocycles. The van der Waals surface area contributed by atoms with Gasteiger partial charge in [-0.1, -0.05) is 6.92 Å². The van der Waals surface area contributed by atoms with E-state index in [4.69, 9.17) is 39.9 Å². The number of amides is 2. The molecule has 0 aliphatic rings. The molecule has 0 atom stereocenters. The van der Waals surface area contributed by atoms with Crippen LogP contribution in [-0.2, 0) is 38.0 Å². The van der Waals surface area contributed by atoms with E-state index >= 15 is 0 Å². The molecule has 0 unspecified atom stereocenters. The zero-order chi connectivity index (χ0) is 28.1. The number of hydrogen-bond donors (Lipinski definition) is 3. The van der Waals surface area contributed by atoms with Crippen molar-refractivity contribution >= 4 is 11.8 Å². The van der Waals surface area contributed by atoms with Crippen LogP contribution in [0.4, 0.5) is 0 Å². The van der Waals surface area contributed by atoms with Crippen LogP contribution in [0, 0.1) is 0 Å². The Labute approximate surface area is 228 Å². The van der Waals surface area contributed by atoms with E-state index in [1.54, 1.807) is 18.9 Å². The first-order chi connectivity index (χ1) is 18.5. The smallest absolute Gasteiger partial charge is 0.222 e. The largest absolute Gasteiger partial charge is 0.378 e. The number of hydrogen-bond acceptors (Lipinski definition) is 11. The molecule has 226 valence electrons. The highest BCUT2D eigenvalue weighted by atomic mass is 16.6. The van der Waals surface area contributed by atoms with E-state index in [0.29, 0.717) is 112 Å². The summed E-state index contributed by atoms with van der Waals surface area (Å²) >= 11 is 0. The number of nitrogens with zero attached hydrogens (tertiary/aromatic N) is 2. The SMILES string of the molecule is CCC(=O)N(C)CCC(=O)NCCOCCOCCOCCOCCOCCOCCN(CCN)CCN. The minimum atomic E-state index is -0.0972. The molecular formula is C25H53N5O8. The second-order valence-electron chi connectivity index (χ2n) is 8.36. The van der Waals surface area contributed by atoms with Gasteiger partial charge in [-0.2, -0.15) is 0 Å². The number of ether oxygens (including phenoxy) is 6. The minimum Gasteiger partial charge on any atom is -0.378 e. The molecule has 13 heteroatoms. The van der Waals surface area contributed by atoms with E-state index in [9.17, 15) is 9.59 Å². The molecule has 0 saturated carbocycles. The number of carbonyl (C=O) groups is 2. The van der Waals surface area contributed by atoms with E-state index in [1.807, 2.05) is 0 Å². The third-order valence-corrected chi connectivity index (χ3v) is 5.27. The van der Waals surface area contributed by atoms with Crippen LogP contribution >= 0.6 is 0 Å². The van der Waals surface area contributed by atoms with Crippen LogP contribution in [0.5, 0.6) is 0 Å². The van der Waals surface area contributed by atoms with Gasteiger partial charge in [-0.05, 0) is 0 Å². The van der Waals surface area contributed by atoms with Crippen molar-refractivity contribution in [1.29, 1.82) is 0 Å². The first-order valence-electron chi connectivity index (χ1n) is 13.6. The highest BCUT2D eigenvalue weighted by Crippen LogP contribution is 1.92. The first kappa shape index (κ1) is 36.6. The molecule has 0 bridgehead atoms. The third kappa shape index (κ3) is 24.9. The highest BCUT2D eigenvalue weighted by molar-refractivity contribution is 5.78. The summed E-state index contributed by atoms with van der Waals surface area (Å²) in [6.07, 6.45) is 0.723. The average molecular weight is 552 g/mol. The van der Waals surface area contributed by atoms with Crippen molar-refractivity contribution in [2.75, 3.05) is 132 Å². The molecule has 0 radical (unpaired) electrons. The molecule has 5 N–H and O–H groups in total. The van der Waals surface area contributed by atoms with Crippen molar-refractivity contribution in [2.24, 2.45) is 11.5 Å². The van der Waals surface area contributed by atoms with Crippen LogP contribution < -0.4 is 16.8 Å². The van der Waals surface area contributed by atoms with Crippen molar-refractivity contribution < 1.29 is 38.0 Å². The molecule has 0 heterocycles. The van der Waals surface area contributed by atoms with Gasteiger partial charge in [0.25, 0.3) is 0 Å². The van der Waals surface area contributed by atoms with Crippen LogP contribution in [0.15, 0.2) is 0 Å². The Kier molecular flexibility index (Phi) is 27.5. The molecule has 0 spiro atoms. The Morgan fingerprint density at radius 3 is 1.47 bits per heavy atom. The van der Waals surface area contributed by atoms with E-state index in [1.165, 1.54) is 0 Å². The Morgan fingerprint density at radius 1 is 0.632 bits per heavy atom. The van der Waals surface area contributed by atoms with Gasteiger partial charge in [-0.25, -0.2) is 0 Å². The van der Waals surface area contributed by atoms with Crippen molar-refractivity contribution in [3.63, 3.8) is 0 Å². The number of rotatable bonds is 29.